The molecule has 1 unspecified atom stereocenters. The van der Waals surface area contributed by atoms with Crippen LogP contribution in [0.15, 0.2) is 92.1 Å². The van der Waals surface area contributed by atoms with E-state index in [1.54, 1.807) is 13.8 Å². The lowest BCUT2D eigenvalue weighted by Gasteiger charge is -2.04. The van der Waals surface area contributed by atoms with Gasteiger partial charge in [-0.2, -0.15) is 8.42 Å². The molecule has 0 aromatic heterocycles. The first-order chi connectivity index (χ1) is 15.3. The maximum Gasteiger partial charge on any atom is 0.397 e. The van der Waals surface area contributed by atoms with Crippen LogP contribution in [0.1, 0.15) is 34.1 Å². The van der Waals surface area contributed by atoms with Crippen molar-refractivity contribution >= 4 is 10.4 Å². The van der Waals surface area contributed by atoms with Crippen molar-refractivity contribution < 1.29 is 32.1 Å². The molecule has 0 saturated heterocycles. The molecular weight excluding hydrogens is 432 g/mol. The smallest absolute Gasteiger partial charge is 0.394 e. The van der Waals surface area contributed by atoms with Crippen LogP contribution in [0.4, 0.5) is 0 Å². The number of rotatable bonds is 6. The summed E-state index contributed by atoms with van der Waals surface area (Å²) in [5.41, 5.74) is 0. The van der Waals surface area contributed by atoms with Crippen LogP contribution in [-0.2, 0) is 19.3 Å². The first-order valence-corrected chi connectivity index (χ1v) is 10.6. The van der Waals surface area contributed by atoms with Gasteiger partial charge in [0, 0.05) is 13.2 Å². The Balaban J connectivity index is -0.0000000230. The number of aliphatic hydroxyl groups is 2. The summed E-state index contributed by atoms with van der Waals surface area (Å²) in [5.74, 6) is 0. The van der Waals surface area contributed by atoms with Crippen molar-refractivity contribution in [3.63, 3.8) is 0 Å². The van der Waals surface area contributed by atoms with Gasteiger partial charge in [-0.1, -0.05) is 6.92 Å². The van der Waals surface area contributed by atoms with Gasteiger partial charge in [0.05, 0.1) is 19.3 Å². The van der Waals surface area contributed by atoms with Crippen molar-refractivity contribution in [3.8, 4) is 0 Å². The van der Waals surface area contributed by atoms with Crippen LogP contribution in [0.2, 0.25) is 0 Å². The highest BCUT2D eigenvalue weighted by atomic mass is 32.3. The molecule has 0 aromatic rings. The fraction of sp³-hybridized carbons (Fsp3) is 0.417. The number of aliphatic hydroxyl groups excluding tert-OH is 2. The molecule has 0 aliphatic heterocycles. The second-order valence-electron chi connectivity index (χ2n) is 2.97. The van der Waals surface area contributed by atoms with Gasteiger partial charge in [0.15, 0.2) is 0 Å². The molecule has 0 bridgehead atoms. The van der Waals surface area contributed by atoms with E-state index in [4.69, 9.17) is 19.5 Å². The van der Waals surface area contributed by atoms with Crippen LogP contribution in [0, 0.1) is 0 Å². The van der Waals surface area contributed by atoms with Gasteiger partial charge in [-0.05, 0) is 27.2 Å². The van der Waals surface area contributed by atoms with E-state index in [0.29, 0.717) is 6.42 Å². The summed E-state index contributed by atoms with van der Waals surface area (Å²) in [4.78, 5) is 0. The minimum atomic E-state index is -4.24. The predicted molar refractivity (Wildman–Crippen MR) is 148 cm³/mol. The van der Waals surface area contributed by atoms with E-state index in [1.165, 1.54) is 0 Å². The first-order valence-electron chi connectivity index (χ1n) is 9.24. The Labute approximate surface area is 201 Å². The largest absolute Gasteiger partial charge is 0.397 e. The normalized spacial score (nSPS) is 7.47. The van der Waals surface area contributed by atoms with Crippen LogP contribution >= 0.6 is 0 Å². The summed E-state index contributed by atoms with van der Waals surface area (Å²) in [5, 5.41) is 15.2. The molecule has 8 heteroatoms. The van der Waals surface area contributed by atoms with Crippen molar-refractivity contribution in [1.29, 1.82) is 0 Å². The van der Waals surface area contributed by atoms with Crippen LogP contribution in [0.5, 0.6) is 0 Å². The molecule has 198 valence electrons. The van der Waals surface area contributed by atoms with Gasteiger partial charge in [-0.3, -0.25) is 4.55 Å². The number of hydrogen-bond acceptors (Lipinski definition) is 6. The van der Waals surface area contributed by atoms with Gasteiger partial charge in [0.2, 0.25) is 0 Å². The lowest BCUT2D eigenvalue weighted by atomic mass is 10.3. The van der Waals surface area contributed by atoms with Gasteiger partial charge < -0.3 is 14.9 Å². The van der Waals surface area contributed by atoms with Crippen LogP contribution in [0.3, 0.4) is 0 Å². The van der Waals surface area contributed by atoms with E-state index in [-0.39, 0.29) is 13.2 Å². The fourth-order valence-corrected chi connectivity index (χ4v) is 1.03. The summed E-state index contributed by atoms with van der Waals surface area (Å²) < 4.78 is 36.9. The molecule has 1 atom stereocenters. The average molecular weight is 487 g/mol. The zero-order chi connectivity index (χ0) is 29.0. The van der Waals surface area contributed by atoms with Crippen molar-refractivity contribution in [2.24, 2.45) is 0 Å². The van der Waals surface area contributed by atoms with E-state index in [1.807, 2.05) is 13.8 Å². The van der Waals surface area contributed by atoms with E-state index in [0.717, 1.165) is 13.2 Å². The van der Waals surface area contributed by atoms with Crippen LogP contribution in [0.25, 0.3) is 0 Å². The number of hydrogen-bond donors (Lipinski definition) is 3. The van der Waals surface area contributed by atoms with Gasteiger partial charge in [-0.15, -0.1) is 92.1 Å². The zero-order valence-corrected chi connectivity index (χ0v) is 22.2. The molecule has 3 N–H and O–H groups in total. The third-order valence-corrected chi connectivity index (χ3v) is 1.94. The fourth-order valence-electron chi connectivity index (χ4n) is 0.480. The predicted octanol–water partition coefficient (Wildman–Crippen LogP) is 6.23. The Bertz CT molecular complexity index is 301. The lowest BCUT2D eigenvalue weighted by molar-refractivity contribution is 0.162. The molecule has 0 fully saturated rings. The molecule has 32 heavy (non-hydrogen) atoms. The quantitative estimate of drug-likeness (QED) is 0.301. The standard InChI is InChI=1S/C4H10O4S.C4H10O.C2H6O2.7C2H4/c1-3-4(2)8-9(5,6)7;1-3-5-4-2;3-1-2-4;7*1-2/h4H,3H2,1-2H3,(H,5,6,7);3-4H2,1-2H3;3-4H,1-2H2;7*1-2H2. The maximum atomic E-state index is 9.93. The average Bonchev–Trinajstić information content (AvgIpc) is 2.88. The summed E-state index contributed by atoms with van der Waals surface area (Å²) in [6.45, 7) is 50.7. The van der Waals surface area contributed by atoms with Gasteiger partial charge in [0.1, 0.15) is 0 Å². The van der Waals surface area contributed by atoms with Gasteiger partial charge in [0.25, 0.3) is 0 Å². The SMILES string of the molecule is C=C.C=C.C=C.C=C.C=C.C=C.C=C.CCC(C)OS(=O)(=O)O.CCOCC.OCCO. The highest BCUT2D eigenvalue weighted by Crippen LogP contribution is 1.99. The monoisotopic (exact) mass is 486 g/mol. The molecular formula is C24H54O7S. The van der Waals surface area contributed by atoms with Crippen molar-refractivity contribution in [2.75, 3.05) is 26.4 Å². The van der Waals surface area contributed by atoms with E-state index in [9.17, 15) is 8.42 Å². The molecule has 0 spiro atoms. The third-order valence-electron chi connectivity index (χ3n) is 1.37. The summed E-state index contributed by atoms with van der Waals surface area (Å²) in [6.07, 6.45) is 0.111. The zero-order valence-electron chi connectivity index (χ0n) is 21.4. The summed E-state index contributed by atoms with van der Waals surface area (Å²) in [7, 11) is -4.24. The Morgan fingerprint density at radius 3 is 0.906 bits per heavy atom. The van der Waals surface area contributed by atoms with E-state index in [2.05, 4.69) is 96.3 Å². The molecule has 0 aliphatic carbocycles. The Morgan fingerprint density at radius 2 is 0.875 bits per heavy atom. The van der Waals surface area contributed by atoms with Crippen LogP contribution in [-0.4, -0.2) is 55.7 Å². The Hall–Kier alpha value is -2.07. The topological polar surface area (TPSA) is 113 Å². The van der Waals surface area contributed by atoms with Crippen LogP contribution < -0.4 is 0 Å². The van der Waals surface area contributed by atoms with Gasteiger partial charge in [-0.25, -0.2) is 4.18 Å². The highest BCUT2D eigenvalue weighted by molar-refractivity contribution is 7.80. The Morgan fingerprint density at radius 1 is 0.656 bits per heavy atom. The molecule has 7 nitrogen and oxygen atoms in total. The minimum Gasteiger partial charge on any atom is -0.394 e. The first kappa shape index (κ1) is 63.1. The van der Waals surface area contributed by atoms with Crippen molar-refractivity contribution in [1.82, 2.24) is 0 Å². The van der Waals surface area contributed by atoms with E-state index < -0.39 is 16.5 Å². The second-order valence-corrected chi connectivity index (χ2v) is 4.02. The molecule has 0 amide bonds. The van der Waals surface area contributed by atoms with E-state index >= 15 is 0 Å². The van der Waals surface area contributed by atoms with Crippen molar-refractivity contribution in [2.45, 2.75) is 40.2 Å². The second kappa shape index (κ2) is 116. The third kappa shape index (κ3) is 322. The molecule has 0 saturated carbocycles. The summed E-state index contributed by atoms with van der Waals surface area (Å²) >= 11 is 0. The van der Waals surface area contributed by atoms with Gasteiger partial charge >= 0.3 is 10.4 Å². The maximum absolute atomic E-state index is 9.93. The highest BCUT2D eigenvalue weighted by Gasteiger charge is 2.08. The number of ether oxygens (including phenoxy) is 1. The Kier molecular flexibility index (Phi) is 229. The molecule has 0 aliphatic rings. The van der Waals surface area contributed by atoms with Crippen molar-refractivity contribution in [3.05, 3.63) is 92.1 Å². The molecule has 0 radical (unpaired) electrons. The molecule has 0 aromatic carbocycles. The lowest BCUT2D eigenvalue weighted by Crippen LogP contribution is -2.12. The molecule has 0 heterocycles. The molecule has 0 rings (SSSR count). The summed E-state index contributed by atoms with van der Waals surface area (Å²) in [6, 6.07) is 0. The minimum absolute atomic E-state index is 0.125.